The first-order valence-electron chi connectivity index (χ1n) is 5.77. The van der Waals surface area contributed by atoms with Gasteiger partial charge in [-0.15, -0.1) is 0 Å². The van der Waals surface area contributed by atoms with E-state index in [4.69, 9.17) is 0 Å². The van der Waals surface area contributed by atoms with Crippen LogP contribution in [0.2, 0.25) is 0 Å². The van der Waals surface area contributed by atoms with Crippen molar-refractivity contribution in [1.29, 1.82) is 0 Å². The van der Waals surface area contributed by atoms with Gasteiger partial charge in [-0.1, -0.05) is 26.7 Å². The molecule has 0 aromatic heterocycles. The Morgan fingerprint density at radius 2 is 1.92 bits per heavy atom. The van der Waals surface area contributed by atoms with E-state index in [-0.39, 0.29) is 0 Å². The highest BCUT2D eigenvalue weighted by molar-refractivity contribution is 4.89. The molecule has 0 radical (unpaired) electrons. The van der Waals surface area contributed by atoms with Crippen LogP contribution in [-0.4, -0.2) is 12.6 Å². The first-order valence-corrected chi connectivity index (χ1v) is 5.77. The summed E-state index contributed by atoms with van der Waals surface area (Å²) in [5.41, 5.74) is 6.82. The van der Waals surface area contributed by atoms with Crippen molar-refractivity contribution in [2.24, 2.45) is 17.8 Å². The van der Waals surface area contributed by atoms with E-state index >= 15 is 0 Å². The van der Waals surface area contributed by atoms with Gasteiger partial charge >= 0.3 is 0 Å². The van der Waals surface area contributed by atoms with Crippen molar-refractivity contribution in [3.63, 3.8) is 0 Å². The lowest BCUT2D eigenvalue weighted by Crippen LogP contribution is -2.57. The van der Waals surface area contributed by atoms with Crippen molar-refractivity contribution < 1.29 is 0 Å². The predicted octanol–water partition coefficient (Wildman–Crippen LogP) is 1.93. The van der Waals surface area contributed by atoms with E-state index in [0.717, 1.165) is 23.8 Å². The SMILES string of the molecule is CC(C)C1CNNC2CCCCC21. The van der Waals surface area contributed by atoms with Gasteiger partial charge in [0.25, 0.3) is 0 Å². The van der Waals surface area contributed by atoms with E-state index in [1.54, 1.807) is 0 Å². The Kier molecular flexibility index (Phi) is 2.89. The Hall–Kier alpha value is -0.0800. The van der Waals surface area contributed by atoms with Gasteiger partial charge < -0.3 is 0 Å². The summed E-state index contributed by atoms with van der Waals surface area (Å²) in [5.74, 6) is 2.67. The van der Waals surface area contributed by atoms with Gasteiger partial charge in [0.05, 0.1) is 0 Å². The quantitative estimate of drug-likeness (QED) is 0.647. The standard InChI is InChI=1S/C11H22N2/c1-8(2)10-7-12-13-11-6-4-3-5-9(10)11/h8-13H,3-7H2,1-2H3. The van der Waals surface area contributed by atoms with Crippen LogP contribution in [0.5, 0.6) is 0 Å². The van der Waals surface area contributed by atoms with Crippen molar-refractivity contribution in [1.82, 2.24) is 10.9 Å². The summed E-state index contributed by atoms with van der Waals surface area (Å²) in [6.45, 7) is 5.89. The molecule has 76 valence electrons. The summed E-state index contributed by atoms with van der Waals surface area (Å²) < 4.78 is 0. The molecule has 2 heteroatoms. The minimum absolute atomic E-state index is 0.759. The zero-order valence-electron chi connectivity index (χ0n) is 8.84. The summed E-state index contributed by atoms with van der Waals surface area (Å²) in [5, 5.41) is 0. The molecule has 1 saturated carbocycles. The third-order valence-corrected chi connectivity index (χ3v) is 3.85. The molecule has 3 unspecified atom stereocenters. The van der Waals surface area contributed by atoms with Crippen LogP contribution in [0.25, 0.3) is 0 Å². The fourth-order valence-corrected chi connectivity index (χ4v) is 3.04. The molecule has 13 heavy (non-hydrogen) atoms. The van der Waals surface area contributed by atoms with Crippen LogP contribution in [0.3, 0.4) is 0 Å². The Bertz CT molecular complexity index is 165. The third kappa shape index (κ3) is 1.89. The molecule has 2 nitrogen and oxygen atoms in total. The van der Waals surface area contributed by atoms with E-state index in [9.17, 15) is 0 Å². The molecule has 2 aliphatic rings. The first-order chi connectivity index (χ1) is 6.29. The van der Waals surface area contributed by atoms with Crippen molar-refractivity contribution in [2.75, 3.05) is 6.54 Å². The summed E-state index contributed by atoms with van der Waals surface area (Å²) >= 11 is 0. The van der Waals surface area contributed by atoms with Gasteiger partial charge in [0, 0.05) is 12.6 Å². The highest BCUT2D eigenvalue weighted by Gasteiger charge is 2.35. The number of hydrazine groups is 1. The number of hydrogen-bond acceptors (Lipinski definition) is 2. The molecule has 1 aliphatic heterocycles. The number of rotatable bonds is 1. The highest BCUT2D eigenvalue weighted by atomic mass is 15.4. The van der Waals surface area contributed by atoms with E-state index in [1.165, 1.54) is 32.2 Å². The Balaban J connectivity index is 2.02. The Morgan fingerprint density at radius 3 is 2.69 bits per heavy atom. The predicted molar refractivity (Wildman–Crippen MR) is 55.2 cm³/mol. The van der Waals surface area contributed by atoms with Gasteiger partial charge in [0.15, 0.2) is 0 Å². The Morgan fingerprint density at radius 1 is 1.15 bits per heavy atom. The molecule has 0 bridgehead atoms. The summed E-state index contributed by atoms with van der Waals surface area (Å²) in [7, 11) is 0. The monoisotopic (exact) mass is 182 g/mol. The van der Waals surface area contributed by atoms with Crippen molar-refractivity contribution in [3.8, 4) is 0 Å². The van der Waals surface area contributed by atoms with Gasteiger partial charge in [0.1, 0.15) is 0 Å². The van der Waals surface area contributed by atoms with Crippen LogP contribution in [0.4, 0.5) is 0 Å². The minimum atomic E-state index is 0.759. The molecular formula is C11H22N2. The van der Waals surface area contributed by atoms with Gasteiger partial charge in [-0.05, 0) is 30.6 Å². The molecule has 0 aromatic carbocycles. The second-order valence-electron chi connectivity index (χ2n) is 4.99. The topological polar surface area (TPSA) is 24.1 Å². The molecule has 1 heterocycles. The van der Waals surface area contributed by atoms with Crippen molar-refractivity contribution in [3.05, 3.63) is 0 Å². The maximum atomic E-state index is 3.46. The molecule has 3 atom stereocenters. The maximum absolute atomic E-state index is 3.46. The molecule has 0 aromatic rings. The van der Waals surface area contributed by atoms with Gasteiger partial charge in [-0.2, -0.15) is 0 Å². The fourth-order valence-electron chi connectivity index (χ4n) is 3.04. The normalized spacial score (nSPS) is 40.4. The molecule has 0 spiro atoms. The van der Waals surface area contributed by atoms with Gasteiger partial charge in [-0.25, -0.2) is 0 Å². The second kappa shape index (κ2) is 3.97. The number of hydrogen-bond donors (Lipinski definition) is 2. The molecule has 2 N–H and O–H groups in total. The molecule has 2 fully saturated rings. The summed E-state index contributed by atoms with van der Waals surface area (Å²) in [6, 6.07) is 0.759. The zero-order valence-corrected chi connectivity index (χ0v) is 8.84. The van der Waals surface area contributed by atoms with E-state index in [0.29, 0.717) is 0 Å². The first kappa shape index (κ1) is 9.47. The van der Waals surface area contributed by atoms with Crippen LogP contribution in [0.15, 0.2) is 0 Å². The lowest BCUT2D eigenvalue weighted by Gasteiger charge is -2.44. The molecule has 2 rings (SSSR count). The molecule has 0 amide bonds. The lowest BCUT2D eigenvalue weighted by atomic mass is 9.71. The maximum Gasteiger partial charge on any atom is 0.0244 e. The molecular weight excluding hydrogens is 160 g/mol. The fraction of sp³-hybridized carbons (Fsp3) is 1.00. The Labute approximate surface area is 81.4 Å². The van der Waals surface area contributed by atoms with Crippen LogP contribution in [-0.2, 0) is 0 Å². The minimum Gasteiger partial charge on any atom is -0.257 e. The zero-order chi connectivity index (χ0) is 9.26. The highest BCUT2D eigenvalue weighted by Crippen LogP contribution is 2.35. The van der Waals surface area contributed by atoms with Crippen LogP contribution in [0.1, 0.15) is 39.5 Å². The number of nitrogens with one attached hydrogen (secondary N) is 2. The summed E-state index contributed by atoms with van der Waals surface area (Å²) in [6.07, 6.45) is 5.69. The largest absolute Gasteiger partial charge is 0.257 e. The summed E-state index contributed by atoms with van der Waals surface area (Å²) in [4.78, 5) is 0. The third-order valence-electron chi connectivity index (χ3n) is 3.85. The average Bonchev–Trinajstić information content (AvgIpc) is 2.17. The van der Waals surface area contributed by atoms with E-state index in [2.05, 4.69) is 24.7 Å². The van der Waals surface area contributed by atoms with Crippen LogP contribution >= 0.6 is 0 Å². The number of fused-ring (bicyclic) bond motifs is 1. The smallest absolute Gasteiger partial charge is 0.0244 e. The average molecular weight is 182 g/mol. The van der Waals surface area contributed by atoms with E-state index in [1.807, 2.05) is 0 Å². The van der Waals surface area contributed by atoms with Gasteiger partial charge in [0.2, 0.25) is 0 Å². The lowest BCUT2D eigenvalue weighted by molar-refractivity contribution is 0.0909. The van der Waals surface area contributed by atoms with Crippen molar-refractivity contribution in [2.45, 2.75) is 45.6 Å². The van der Waals surface area contributed by atoms with Crippen molar-refractivity contribution >= 4 is 0 Å². The van der Waals surface area contributed by atoms with Crippen LogP contribution < -0.4 is 10.9 Å². The molecule has 1 aliphatic carbocycles. The van der Waals surface area contributed by atoms with E-state index < -0.39 is 0 Å². The second-order valence-corrected chi connectivity index (χ2v) is 4.99. The van der Waals surface area contributed by atoms with Crippen LogP contribution in [0, 0.1) is 17.8 Å². The van der Waals surface area contributed by atoms with Gasteiger partial charge in [-0.3, -0.25) is 10.9 Å². The molecule has 1 saturated heterocycles.